The Bertz CT molecular complexity index is 597. The van der Waals surface area contributed by atoms with Gasteiger partial charge in [-0.05, 0) is 18.1 Å². The average Bonchev–Trinajstić information content (AvgIpc) is 2.60. The molecule has 0 aliphatic carbocycles. The molecule has 2 atom stereocenters. The molecule has 0 amide bonds. The van der Waals surface area contributed by atoms with E-state index in [0.717, 1.165) is 11.1 Å². The lowest BCUT2D eigenvalue weighted by Crippen LogP contribution is -2.27. The van der Waals surface area contributed by atoms with Crippen molar-refractivity contribution in [2.24, 2.45) is 0 Å². The fraction of sp³-hybridized carbons (Fsp3) is 0.333. The van der Waals surface area contributed by atoms with Crippen molar-refractivity contribution in [3.8, 4) is 0 Å². The van der Waals surface area contributed by atoms with Gasteiger partial charge >= 0.3 is 7.60 Å². The number of aliphatic hydroxyl groups excluding tert-OH is 2. The van der Waals surface area contributed by atoms with E-state index in [2.05, 4.69) is 0 Å². The van der Waals surface area contributed by atoms with Gasteiger partial charge in [0.2, 0.25) is 0 Å². The first-order valence-electron chi connectivity index (χ1n) is 7.81. The molecule has 130 valence electrons. The Kier molecular flexibility index (Phi) is 7.16. The van der Waals surface area contributed by atoms with E-state index in [1.807, 2.05) is 60.7 Å². The van der Waals surface area contributed by atoms with Crippen molar-refractivity contribution in [2.75, 3.05) is 6.16 Å². The minimum Gasteiger partial charge on any atom is -0.391 e. The lowest BCUT2D eigenvalue weighted by Gasteiger charge is -2.22. The standard InChI is InChI=1S/C18H23O5P/c1-15(19)18(20)14-24(21,22-12-16-8-4-2-5-9-16)23-13-17-10-6-3-7-11-17/h2-11,15,18-20H,12-14H2,1H3/t15-,18-/m0/s1. The van der Waals surface area contributed by atoms with Gasteiger partial charge in [0.05, 0.1) is 31.6 Å². The summed E-state index contributed by atoms with van der Waals surface area (Å²) in [6.07, 6.45) is -2.45. The summed E-state index contributed by atoms with van der Waals surface area (Å²) in [5.74, 6) is 0. The molecule has 0 spiro atoms. The lowest BCUT2D eigenvalue weighted by molar-refractivity contribution is 0.0398. The highest BCUT2D eigenvalue weighted by Crippen LogP contribution is 2.50. The molecule has 2 N–H and O–H groups in total. The molecule has 0 aromatic heterocycles. The molecule has 0 saturated carbocycles. The van der Waals surface area contributed by atoms with Crippen LogP contribution in [-0.2, 0) is 26.8 Å². The predicted molar refractivity (Wildman–Crippen MR) is 92.6 cm³/mol. The van der Waals surface area contributed by atoms with E-state index >= 15 is 0 Å². The van der Waals surface area contributed by atoms with Gasteiger partial charge in [0, 0.05) is 0 Å². The van der Waals surface area contributed by atoms with Crippen LogP contribution in [0.1, 0.15) is 18.1 Å². The molecular weight excluding hydrogens is 327 g/mol. The molecule has 2 rings (SSSR count). The Hall–Kier alpha value is -1.49. The first kappa shape index (κ1) is 18.8. The van der Waals surface area contributed by atoms with E-state index in [-0.39, 0.29) is 19.4 Å². The zero-order valence-electron chi connectivity index (χ0n) is 13.6. The second-order valence-electron chi connectivity index (χ2n) is 5.62. The molecule has 0 fully saturated rings. The summed E-state index contributed by atoms with van der Waals surface area (Å²) >= 11 is 0. The van der Waals surface area contributed by atoms with Crippen molar-refractivity contribution >= 4 is 7.60 Å². The van der Waals surface area contributed by atoms with E-state index < -0.39 is 19.8 Å². The van der Waals surface area contributed by atoms with Crippen molar-refractivity contribution < 1.29 is 23.8 Å². The van der Waals surface area contributed by atoms with Crippen LogP contribution < -0.4 is 0 Å². The topological polar surface area (TPSA) is 76.0 Å². The van der Waals surface area contributed by atoms with Gasteiger partial charge < -0.3 is 19.3 Å². The predicted octanol–water partition coefficient (Wildman–Crippen LogP) is 3.35. The van der Waals surface area contributed by atoms with Crippen LogP contribution in [0.4, 0.5) is 0 Å². The van der Waals surface area contributed by atoms with Gasteiger partial charge in [-0.3, -0.25) is 4.57 Å². The Balaban J connectivity index is 2.03. The Morgan fingerprint density at radius 2 is 1.29 bits per heavy atom. The summed E-state index contributed by atoms with van der Waals surface area (Å²) in [5.41, 5.74) is 1.71. The van der Waals surface area contributed by atoms with E-state index in [4.69, 9.17) is 9.05 Å². The number of rotatable bonds is 9. The molecule has 6 heteroatoms. The quantitative estimate of drug-likeness (QED) is 0.678. The van der Waals surface area contributed by atoms with Gasteiger partial charge in [-0.15, -0.1) is 0 Å². The molecule has 0 unspecified atom stereocenters. The summed E-state index contributed by atoms with van der Waals surface area (Å²) < 4.78 is 24.0. The zero-order chi connectivity index (χ0) is 17.4. The van der Waals surface area contributed by atoms with Crippen molar-refractivity contribution in [1.82, 2.24) is 0 Å². The fourth-order valence-electron chi connectivity index (χ4n) is 2.02. The van der Waals surface area contributed by atoms with Crippen molar-refractivity contribution in [2.45, 2.75) is 32.3 Å². The first-order valence-corrected chi connectivity index (χ1v) is 9.53. The number of hydrogen-bond acceptors (Lipinski definition) is 5. The molecule has 0 bridgehead atoms. The van der Waals surface area contributed by atoms with Gasteiger partial charge in [0.25, 0.3) is 0 Å². The molecular formula is C18H23O5P. The van der Waals surface area contributed by atoms with Crippen molar-refractivity contribution in [3.63, 3.8) is 0 Å². The summed E-state index contributed by atoms with van der Waals surface area (Å²) in [4.78, 5) is 0. The molecule has 0 radical (unpaired) electrons. The third-order valence-corrected chi connectivity index (χ3v) is 5.38. The summed E-state index contributed by atoms with van der Waals surface area (Å²) in [6, 6.07) is 18.6. The molecule has 5 nitrogen and oxygen atoms in total. The van der Waals surface area contributed by atoms with Crippen molar-refractivity contribution in [1.29, 1.82) is 0 Å². The van der Waals surface area contributed by atoms with E-state index in [1.54, 1.807) is 0 Å². The van der Waals surface area contributed by atoms with E-state index in [0.29, 0.717) is 0 Å². The van der Waals surface area contributed by atoms with Crippen LogP contribution in [0.5, 0.6) is 0 Å². The Morgan fingerprint density at radius 1 is 0.875 bits per heavy atom. The van der Waals surface area contributed by atoms with Crippen LogP contribution >= 0.6 is 7.60 Å². The van der Waals surface area contributed by atoms with Gasteiger partial charge in [-0.25, -0.2) is 0 Å². The highest BCUT2D eigenvalue weighted by molar-refractivity contribution is 7.53. The van der Waals surface area contributed by atoms with Gasteiger partial charge in [-0.1, -0.05) is 60.7 Å². The van der Waals surface area contributed by atoms with Gasteiger partial charge in [-0.2, -0.15) is 0 Å². The fourth-order valence-corrected chi connectivity index (χ4v) is 3.76. The van der Waals surface area contributed by atoms with Crippen LogP contribution in [0.2, 0.25) is 0 Å². The van der Waals surface area contributed by atoms with E-state index in [9.17, 15) is 14.8 Å². The van der Waals surface area contributed by atoms with Crippen molar-refractivity contribution in [3.05, 3.63) is 71.8 Å². The molecule has 2 aromatic carbocycles. The molecule has 0 aliphatic heterocycles. The number of aliphatic hydroxyl groups is 2. The number of hydrogen-bond donors (Lipinski definition) is 2. The third kappa shape index (κ3) is 6.19. The largest absolute Gasteiger partial charge is 0.391 e. The molecule has 0 saturated heterocycles. The first-order chi connectivity index (χ1) is 11.5. The minimum atomic E-state index is -3.57. The minimum absolute atomic E-state index is 0.111. The normalized spacial score (nSPS) is 14.3. The lowest BCUT2D eigenvalue weighted by atomic mass is 10.2. The second kappa shape index (κ2) is 9.11. The summed E-state index contributed by atoms with van der Waals surface area (Å²) in [6.45, 7) is 1.66. The maximum Gasteiger partial charge on any atom is 0.334 e. The van der Waals surface area contributed by atoms with Crippen LogP contribution in [0.3, 0.4) is 0 Å². The van der Waals surface area contributed by atoms with Crippen LogP contribution in [0.25, 0.3) is 0 Å². The van der Waals surface area contributed by atoms with E-state index in [1.165, 1.54) is 6.92 Å². The Labute approximate surface area is 142 Å². The second-order valence-corrected chi connectivity index (χ2v) is 7.72. The molecule has 0 aliphatic rings. The SMILES string of the molecule is C[C@H](O)[C@@H](O)CP(=O)(OCc1ccccc1)OCc1ccccc1. The highest BCUT2D eigenvalue weighted by Gasteiger charge is 2.30. The number of benzene rings is 2. The Morgan fingerprint density at radius 3 is 1.67 bits per heavy atom. The maximum absolute atomic E-state index is 13.0. The maximum atomic E-state index is 13.0. The third-order valence-electron chi connectivity index (χ3n) is 3.51. The highest BCUT2D eigenvalue weighted by atomic mass is 31.2. The van der Waals surface area contributed by atoms with Crippen LogP contribution in [-0.4, -0.2) is 28.6 Å². The summed E-state index contributed by atoms with van der Waals surface area (Å²) in [7, 11) is -3.57. The van der Waals surface area contributed by atoms with Gasteiger partial charge in [0.15, 0.2) is 0 Å². The van der Waals surface area contributed by atoms with Gasteiger partial charge in [0.1, 0.15) is 0 Å². The molecule has 24 heavy (non-hydrogen) atoms. The zero-order valence-corrected chi connectivity index (χ0v) is 14.5. The van der Waals surface area contributed by atoms with Crippen LogP contribution in [0.15, 0.2) is 60.7 Å². The summed E-state index contributed by atoms with van der Waals surface area (Å²) in [5, 5.41) is 19.3. The molecule has 0 heterocycles. The molecule has 2 aromatic rings. The average molecular weight is 350 g/mol. The smallest absolute Gasteiger partial charge is 0.334 e. The van der Waals surface area contributed by atoms with Crippen LogP contribution in [0, 0.1) is 0 Å². The monoisotopic (exact) mass is 350 g/mol.